The molecule has 33 heavy (non-hydrogen) atoms. The number of hydrogen-bond acceptors (Lipinski definition) is 9. The highest BCUT2D eigenvalue weighted by atomic mass is 32.1. The minimum atomic E-state index is -0.947. The fourth-order valence-corrected chi connectivity index (χ4v) is 5.76. The Balaban J connectivity index is 1.26. The molecule has 2 N–H and O–H groups in total. The summed E-state index contributed by atoms with van der Waals surface area (Å²) in [5.41, 5.74) is 1.72. The smallest absolute Gasteiger partial charge is 0.245 e. The summed E-state index contributed by atoms with van der Waals surface area (Å²) in [6.45, 7) is 0. The van der Waals surface area contributed by atoms with Gasteiger partial charge in [0.2, 0.25) is 5.95 Å². The molecular formula is C23H22FN7OS. The van der Waals surface area contributed by atoms with Gasteiger partial charge in [-0.1, -0.05) is 6.07 Å². The predicted molar refractivity (Wildman–Crippen MR) is 121 cm³/mol. The molecule has 4 heterocycles. The van der Waals surface area contributed by atoms with Gasteiger partial charge in [-0.15, -0.1) is 21.5 Å². The van der Waals surface area contributed by atoms with Gasteiger partial charge < -0.3 is 15.3 Å². The number of halogens is 1. The number of piperidine rings is 1. The molecule has 1 aromatic carbocycles. The highest BCUT2D eigenvalue weighted by Crippen LogP contribution is 2.40. The van der Waals surface area contributed by atoms with Crippen LogP contribution in [-0.4, -0.2) is 55.6 Å². The molecule has 1 saturated carbocycles. The molecule has 168 valence electrons. The normalized spacial score (nSPS) is 26.2. The number of phenols is 1. The molecule has 10 heteroatoms. The van der Waals surface area contributed by atoms with Crippen LogP contribution in [0.15, 0.2) is 30.6 Å². The highest BCUT2D eigenvalue weighted by Gasteiger charge is 2.48. The monoisotopic (exact) mass is 463 g/mol. The minimum Gasteiger partial charge on any atom is -0.507 e. The first kappa shape index (κ1) is 20.4. The van der Waals surface area contributed by atoms with Crippen LogP contribution in [0.2, 0.25) is 0 Å². The minimum absolute atomic E-state index is 0.0426. The van der Waals surface area contributed by atoms with Crippen LogP contribution in [0.25, 0.3) is 21.7 Å². The Morgan fingerprint density at radius 1 is 1.15 bits per heavy atom. The van der Waals surface area contributed by atoms with Crippen molar-refractivity contribution >= 4 is 17.3 Å². The van der Waals surface area contributed by atoms with Gasteiger partial charge >= 0.3 is 0 Å². The second-order valence-electron chi connectivity index (χ2n) is 8.95. The van der Waals surface area contributed by atoms with E-state index in [1.54, 1.807) is 24.5 Å². The Morgan fingerprint density at radius 3 is 2.73 bits per heavy atom. The van der Waals surface area contributed by atoms with Gasteiger partial charge in [0.25, 0.3) is 0 Å². The number of phenolic OH excluding ortho intramolecular Hbond substituents is 1. The molecule has 4 atom stereocenters. The number of benzene rings is 1. The van der Waals surface area contributed by atoms with E-state index in [0.29, 0.717) is 28.3 Å². The summed E-state index contributed by atoms with van der Waals surface area (Å²) in [5, 5.41) is 32.0. The molecule has 8 nitrogen and oxygen atoms in total. The van der Waals surface area contributed by atoms with E-state index in [-0.39, 0.29) is 23.9 Å². The van der Waals surface area contributed by atoms with Crippen LogP contribution in [0.3, 0.4) is 0 Å². The summed E-state index contributed by atoms with van der Waals surface area (Å²) >= 11 is 1.26. The zero-order valence-electron chi connectivity index (χ0n) is 17.7. The molecule has 3 aromatic rings. The number of nitrogens with zero attached hydrogens (tertiary/aromatic N) is 6. The third-order valence-corrected chi connectivity index (χ3v) is 7.74. The van der Waals surface area contributed by atoms with Crippen molar-refractivity contribution in [1.29, 1.82) is 5.26 Å². The van der Waals surface area contributed by atoms with Crippen LogP contribution in [0.5, 0.6) is 5.75 Å². The molecule has 3 aliphatic rings. The molecule has 2 saturated heterocycles. The van der Waals surface area contributed by atoms with Crippen molar-refractivity contribution in [1.82, 2.24) is 25.5 Å². The van der Waals surface area contributed by atoms with Crippen LogP contribution < -0.4 is 10.2 Å². The average Bonchev–Trinajstić information content (AvgIpc) is 3.39. The summed E-state index contributed by atoms with van der Waals surface area (Å²) in [5.74, 6) is 0.501. The molecule has 6 rings (SSSR count). The average molecular weight is 464 g/mol. The standard InChI is InChI=1S/C23H22FN7OS/c24-22-16-6-2-13(28-16)8-18(22)31(14-3-4-14)23-27-10-17(29-30-23)15-5-1-12(7-19(15)32)20-11-26-21(9-25)33-20/h1,5,7,10-11,13-14,16,18,22,28,32H,2-4,6,8H2/t13-,16-,18-,22+/m0/s1. The maximum atomic E-state index is 15.2. The van der Waals surface area contributed by atoms with Crippen molar-refractivity contribution < 1.29 is 9.50 Å². The maximum absolute atomic E-state index is 15.2. The van der Waals surface area contributed by atoms with E-state index >= 15 is 4.39 Å². The first-order chi connectivity index (χ1) is 16.1. The lowest BCUT2D eigenvalue weighted by Crippen LogP contribution is -2.57. The number of fused-ring (bicyclic) bond motifs is 2. The second kappa shape index (κ2) is 8.01. The zero-order chi connectivity index (χ0) is 22.5. The quantitative estimate of drug-likeness (QED) is 0.592. The Hall–Kier alpha value is -3.16. The Morgan fingerprint density at radius 2 is 2.03 bits per heavy atom. The van der Waals surface area contributed by atoms with Gasteiger partial charge in [-0.25, -0.2) is 14.4 Å². The first-order valence-electron chi connectivity index (χ1n) is 11.2. The fraction of sp³-hybridized carbons (Fsp3) is 0.435. The molecule has 3 fully saturated rings. The largest absolute Gasteiger partial charge is 0.507 e. The van der Waals surface area contributed by atoms with Crippen molar-refractivity contribution in [2.45, 2.75) is 62.4 Å². The molecule has 2 aliphatic heterocycles. The van der Waals surface area contributed by atoms with E-state index in [9.17, 15) is 5.11 Å². The van der Waals surface area contributed by atoms with Crippen LogP contribution in [0.1, 0.15) is 37.1 Å². The lowest BCUT2D eigenvalue weighted by molar-refractivity contribution is 0.171. The summed E-state index contributed by atoms with van der Waals surface area (Å²) in [6, 6.07) is 7.55. The number of rotatable bonds is 5. The number of alkyl halides is 1. The Labute approximate surface area is 194 Å². The summed E-state index contributed by atoms with van der Waals surface area (Å²) in [6.07, 6.45) is 6.96. The second-order valence-corrected chi connectivity index (χ2v) is 9.98. The summed E-state index contributed by atoms with van der Waals surface area (Å²) < 4.78 is 15.2. The Bertz CT molecular complexity index is 1220. The highest BCUT2D eigenvalue weighted by molar-refractivity contribution is 7.15. The van der Waals surface area contributed by atoms with Gasteiger partial charge in [-0.2, -0.15) is 5.26 Å². The van der Waals surface area contributed by atoms with Crippen molar-refractivity contribution in [2.24, 2.45) is 0 Å². The van der Waals surface area contributed by atoms with Gasteiger partial charge in [0.1, 0.15) is 23.7 Å². The molecular weight excluding hydrogens is 441 g/mol. The summed E-state index contributed by atoms with van der Waals surface area (Å²) in [4.78, 5) is 11.4. The number of nitriles is 1. The van der Waals surface area contributed by atoms with Gasteiger partial charge in [0, 0.05) is 29.9 Å². The number of hydrogen-bond donors (Lipinski definition) is 2. The molecule has 2 bridgehead atoms. The van der Waals surface area contributed by atoms with Crippen LogP contribution in [0.4, 0.5) is 10.3 Å². The topological polar surface area (TPSA) is 111 Å². The van der Waals surface area contributed by atoms with E-state index < -0.39 is 6.17 Å². The van der Waals surface area contributed by atoms with Crippen molar-refractivity contribution in [2.75, 3.05) is 4.90 Å². The van der Waals surface area contributed by atoms with Crippen molar-refractivity contribution in [3.05, 3.63) is 35.6 Å². The molecule has 2 aromatic heterocycles. The van der Waals surface area contributed by atoms with Gasteiger partial charge in [0.05, 0.1) is 17.1 Å². The lowest BCUT2D eigenvalue weighted by atomic mass is 9.96. The number of aromatic hydroxyl groups is 1. The first-order valence-corrected chi connectivity index (χ1v) is 12.0. The van der Waals surface area contributed by atoms with Gasteiger partial charge in [0.15, 0.2) is 5.01 Å². The zero-order valence-corrected chi connectivity index (χ0v) is 18.5. The fourth-order valence-electron chi connectivity index (χ4n) is 5.05. The molecule has 0 unspecified atom stereocenters. The summed E-state index contributed by atoms with van der Waals surface area (Å²) in [7, 11) is 0. The molecule has 0 radical (unpaired) electrons. The predicted octanol–water partition coefficient (Wildman–Crippen LogP) is 3.44. The lowest BCUT2D eigenvalue weighted by Gasteiger charge is -2.40. The number of anilines is 1. The molecule has 0 spiro atoms. The maximum Gasteiger partial charge on any atom is 0.245 e. The number of thiazole rings is 1. The van der Waals surface area contributed by atoms with Crippen LogP contribution in [0, 0.1) is 11.3 Å². The van der Waals surface area contributed by atoms with Crippen LogP contribution >= 0.6 is 11.3 Å². The molecule has 1 aliphatic carbocycles. The van der Waals surface area contributed by atoms with Crippen molar-refractivity contribution in [3.63, 3.8) is 0 Å². The van der Waals surface area contributed by atoms with Crippen LogP contribution in [-0.2, 0) is 0 Å². The third-order valence-electron chi connectivity index (χ3n) is 6.79. The number of aromatic nitrogens is 4. The van der Waals surface area contributed by atoms with E-state index in [0.717, 1.165) is 42.5 Å². The van der Waals surface area contributed by atoms with E-state index in [1.807, 2.05) is 17.0 Å². The van der Waals surface area contributed by atoms with E-state index in [2.05, 4.69) is 25.5 Å². The number of nitrogens with one attached hydrogen (secondary N) is 1. The van der Waals surface area contributed by atoms with Gasteiger partial charge in [-0.3, -0.25) is 0 Å². The van der Waals surface area contributed by atoms with E-state index in [4.69, 9.17) is 5.26 Å². The Kier molecular flexibility index (Phi) is 4.96. The van der Waals surface area contributed by atoms with E-state index in [1.165, 1.54) is 11.3 Å². The molecule has 0 amide bonds. The van der Waals surface area contributed by atoms with Gasteiger partial charge in [-0.05, 0) is 49.8 Å². The SMILES string of the molecule is N#Cc1ncc(-c2ccc(-c3cnc(N(C4CC4)[C@H]4C[C@@H]5CC[C@H](N5)[C@H]4F)nn3)c(O)c2)s1. The third kappa shape index (κ3) is 3.71. The van der Waals surface area contributed by atoms with Crippen molar-refractivity contribution in [3.8, 4) is 33.5 Å².